The van der Waals surface area contributed by atoms with E-state index in [2.05, 4.69) is 16.0 Å². The van der Waals surface area contributed by atoms with E-state index in [4.69, 9.17) is 5.26 Å². The van der Waals surface area contributed by atoms with Crippen LogP contribution in [0.2, 0.25) is 0 Å². The van der Waals surface area contributed by atoms with Crippen LogP contribution in [0.3, 0.4) is 0 Å². The Labute approximate surface area is 181 Å². The van der Waals surface area contributed by atoms with Crippen molar-refractivity contribution in [1.29, 1.82) is 5.26 Å². The number of anilines is 2. The molecule has 10 heteroatoms. The van der Waals surface area contributed by atoms with Gasteiger partial charge in [0.25, 0.3) is 5.91 Å². The molecule has 32 heavy (non-hydrogen) atoms. The summed E-state index contributed by atoms with van der Waals surface area (Å²) in [5, 5.41) is 16.8. The zero-order valence-corrected chi connectivity index (χ0v) is 17.1. The second kappa shape index (κ2) is 8.86. The Kier molecular flexibility index (Phi) is 6.39. The number of rotatable bonds is 5. The largest absolute Gasteiger partial charge is 0.417 e. The van der Waals surface area contributed by atoms with Crippen LogP contribution in [0.5, 0.6) is 0 Å². The Hall–Kier alpha value is -3.61. The highest BCUT2D eigenvalue weighted by Gasteiger charge is 2.42. The molecular formula is C22H20F4N4O2. The van der Waals surface area contributed by atoms with Crippen LogP contribution in [0, 0.1) is 17.1 Å². The van der Waals surface area contributed by atoms with Gasteiger partial charge in [0.05, 0.1) is 22.8 Å². The van der Waals surface area contributed by atoms with Crippen molar-refractivity contribution in [3.63, 3.8) is 0 Å². The van der Waals surface area contributed by atoms with Gasteiger partial charge in [-0.3, -0.25) is 9.59 Å². The molecule has 1 saturated carbocycles. The average molecular weight is 448 g/mol. The zero-order chi connectivity index (χ0) is 23.5. The molecule has 1 aliphatic rings. The molecule has 1 aliphatic carbocycles. The summed E-state index contributed by atoms with van der Waals surface area (Å²) < 4.78 is 54.0. The van der Waals surface area contributed by atoms with Gasteiger partial charge in [0.1, 0.15) is 11.4 Å². The maximum atomic E-state index is 14.3. The van der Waals surface area contributed by atoms with Crippen molar-refractivity contribution in [1.82, 2.24) is 5.32 Å². The van der Waals surface area contributed by atoms with Gasteiger partial charge < -0.3 is 16.0 Å². The smallest absolute Gasteiger partial charge is 0.371 e. The molecule has 0 spiro atoms. The van der Waals surface area contributed by atoms with Crippen molar-refractivity contribution < 1.29 is 27.2 Å². The number of benzene rings is 2. The van der Waals surface area contributed by atoms with Crippen LogP contribution in [0.4, 0.5) is 28.9 Å². The number of hydrogen-bond acceptors (Lipinski definition) is 4. The van der Waals surface area contributed by atoms with Crippen LogP contribution >= 0.6 is 0 Å². The first-order valence-electron chi connectivity index (χ1n) is 9.82. The Morgan fingerprint density at radius 3 is 2.28 bits per heavy atom. The van der Waals surface area contributed by atoms with Crippen molar-refractivity contribution >= 4 is 23.2 Å². The van der Waals surface area contributed by atoms with Crippen molar-refractivity contribution in [3.05, 3.63) is 58.9 Å². The third-order valence-corrected chi connectivity index (χ3v) is 5.42. The normalized spacial score (nSPS) is 15.0. The summed E-state index contributed by atoms with van der Waals surface area (Å²) >= 11 is 0. The Morgan fingerprint density at radius 1 is 1.06 bits per heavy atom. The number of nitrogens with zero attached hydrogens (tertiary/aromatic N) is 1. The molecule has 0 unspecified atom stereocenters. The lowest BCUT2D eigenvalue weighted by Gasteiger charge is -2.30. The van der Waals surface area contributed by atoms with E-state index < -0.39 is 40.5 Å². The first-order chi connectivity index (χ1) is 15.1. The van der Waals surface area contributed by atoms with Gasteiger partial charge >= 0.3 is 6.18 Å². The van der Waals surface area contributed by atoms with E-state index in [0.717, 1.165) is 18.2 Å². The summed E-state index contributed by atoms with van der Waals surface area (Å²) in [6.07, 6.45) is -2.58. The topological polar surface area (TPSA) is 94.0 Å². The minimum absolute atomic E-state index is 0.101. The summed E-state index contributed by atoms with van der Waals surface area (Å²) in [4.78, 5) is 24.8. The van der Waals surface area contributed by atoms with Crippen LogP contribution < -0.4 is 16.0 Å². The fourth-order valence-corrected chi connectivity index (χ4v) is 3.78. The average Bonchev–Trinajstić information content (AvgIpc) is 3.22. The number of alkyl halides is 3. The van der Waals surface area contributed by atoms with Crippen LogP contribution in [0.25, 0.3) is 0 Å². The summed E-state index contributed by atoms with van der Waals surface area (Å²) in [6, 6.07) is 8.28. The Bertz CT molecular complexity index is 1090. The molecule has 0 radical (unpaired) electrons. The summed E-state index contributed by atoms with van der Waals surface area (Å²) in [7, 11) is 1.37. The number of carbonyl (C=O) groups is 2. The molecule has 2 amide bonds. The number of carbonyl (C=O) groups excluding carboxylic acids is 2. The zero-order valence-electron chi connectivity index (χ0n) is 17.1. The molecule has 1 fully saturated rings. The number of nitrogens with one attached hydrogen (secondary N) is 3. The number of hydrogen-bond donors (Lipinski definition) is 3. The van der Waals surface area contributed by atoms with Crippen LogP contribution in [0.15, 0.2) is 36.4 Å². The predicted octanol–water partition coefficient (Wildman–Crippen LogP) is 4.44. The predicted molar refractivity (Wildman–Crippen MR) is 109 cm³/mol. The van der Waals surface area contributed by atoms with E-state index >= 15 is 0 Å². The van der Waals surface area contributed by atoms with E-state index in [9.17, 15) is 27.2 Å². The summed E-state index contributed by atoms with van der Waals surface area (Å²) in [5.41, 5.74) is -2.83. The monoisotopic (exact) mass is 448 g/mol. The molecule has 0 saturated heterocycles. The third-order valence-electron chi connectivity index (χ3n) is 5.42. The van der Waals surface area contributed by atoms with Gasteiger partial charge in [0.15, 0.2) is 0 Å². The maximum Gasteiger partial charge on any atom is 0.417 e. The summed E-state index contributed by atoms with van der Waals surface area (Å²) in [6.45, 7) is 0. The number of amides is 2. The molecule has 168 valence electrons. The van der Waals surface area contributed by atoms with Gasteiger partial charge in [0, 0.05) is 18.4 Å². The molecule has 0 aliphatic heterocycles. The SMILES string of the molecule is CNC(=O)c1ccc(NC2(C(=O)Nc3ccc(C#N)c(C(F)(F)F)c3)CCCC2)cc1F. The van der Waals surface area contributed by atoms with Crippen molar-refractivity contribution in [3.8, 4) is 6.07 Å². The van der Waals surface area contributed by atoms with E-state index in [-0.39, 0.29) is 16.9 Å². The first kappa shape index (κ1) is 23.1. The van der Waals surface area contributed by atoms with Gasteiger partial charge in [-0.05, 0) is 49.2 Å². The Morgan fingerprint density at radius 2 is 1.72 bits per heavy atom. The highest BCUT2D eigenvalue weighted by molar-refractivity contribution is 6.00. The fraction of sp³-hybridized carbons (Fsp3) is 0.318. The highest BCUT2D eigenvalue weighted by Crippen LogP contribution is 2.36. The molecule has 0 atom stereocenters. The second-order valence-corrected chi connectivity index (χ2v) is 7.51. The van der Waals surface area contributed by atoms with E-state index in [1.165, 1.54) is 31.3 Å². The molecule has 2 aromatic rings. The highest BCUT2D eigenvalue weighted by atomic mass is 19.4. The summed E-state index contributed by atoms with van der Waals surface area (Å²) in [5.74, 6) is -1.93. The van der Waals surface area contributed by atoms with Crippen molar-refractivity contribution in [2.75, 3.05) is 17.7 Å². The minimum atomic E-state index is -4.75. The van der Waals surface area contributed by atoms with Gasteiger partial charge in [-0.15, -0.1) is 0 Å². The fourth-order valence-electron chi connectivity index (χ4n) is 3.78. The molecule has 0 heterocycles. The van der Waals surface area contributed by atoms with E-state index in [1.54, 1.807) is 0 Å². The molecule has 3 rings (SSSR count). The maximum absolute atomic E-state index is 14.3. The lowest BCUT2D eigenvalue weighted by Crippen LogP contribution is -2.47. The quantitative estimate of drug-likeness (QED) is 0.590. The van der Waals surface area contributed by atoms with Crippen LogP contribution in [0.1, 0.15) is 47.2 Å². The van der Waals surface area contributed by atoms with Crippen molar-refractivity contribution in [2.24, 2.45) is 0 Å². The second-order valence-electron chi connectivity index (χ2n) is 7.51. The van der Waals surface area contributed by atoms with Crippen molar-refractivity contribution in [2.45, 2.75) is 37.4 Å². The molecule has 2 aromatic carbocycles. The van der Waals surface area contributed by atoms with Gasteiger partial charge in [0.2, 0.25) is 5.91 Å². The van der Waals surface area contributed by atoms with Gasteiger partial charge in [-0.25, -0.2) is 4.39 Å². The lowest BCUT2D eigenvalue weighted by molar-refractivity contribution is -0.137. The lowest BCUT2D eigenvalue weighted by atomic mass is 9.95. The standard InChI is InChI=1S/C22H20F4N4O2/c1-28-19(31)16-7-6-15(11-18(16)23)30-21(8-2-3-9-21)20(32)29-14-5-4-13(12-27)17(10-14)22(24,25)26/h4-7,10-11,30H,2-3,8-9H2,1H3,(H,28,31)(H,29,32). The molecule has 3 N–H and O–H groups in total. The first-order valence-corrected chi connectivity index (χ1v) is 9.82. The van der Waals surface area contributed by atoms with Crippen LogP contribution in [-0.2, 0) is 11.0 Å². The number of halogens is 4. The number of nitriles is 1. The van der Waals surface area contributed by atoms with Gasteiger partial charge in [-0.2, -0.15) is 18.4 Å². The third kappa shape index (κ3) is 4.66. The molecular weight excluding hydrogens is 428 g/mol. The molecule has 6 nitrogen and oxygen atoms in total. The van der Waals surface area contributed by atoms with Gasteiger partial charge in [-0.1, -0.05) is 12.8 Å². The van der Waals surface area contributed by atoms with E-state index in [1.807, 2.05) is 0 Å². The van der Waals surface area contributed by atoms with E-state index in [0.29, 0.717) is 25.7 Å². The molecule has 0 aromatic heterocycles. The molecule has 0 bridgehead atoms. The minimum Gasteiger partial charge on any atom is -0.371 e. The Balaban J connectivity index is 1.86. The van der Waals surface area contributed by atoms with Crippen LogP contribution in [-0.4, -0.2) is 24.4 Å².